The zero-order chi connectivity index (χ0) is 11.5. The zero-order valence-electron chi connectivity index (χ0n) is 10.4. The van der Waals surface area contributed by atoms with Crippen LogP contribution < -0.4 is 5.32 Å². The van der Waals surface area contributed by atoms with Crippen LogP contribution in [-0.2, 0) is 13.1 Å². The highest BCUT2D eigenvalue weighted by Crippen LogP contribution is 2.23. The third-order valence-corrected chi connectivity index (χ3v) is 3.08. The summed E-state index contributed by atoms with van der Waals surface area (Å²) in [5, 5.41) is 4.76. The zero-order valence-corrected chi connectivity index (χ0v) is 10.4. The van der Waals surface area contributed by atoms with E-state index in [2.05, 4.69) is 54.9 Å². The number of hydrogen-bond acceptors (Lipinski definition) is 1. The maximum absolute atomic E-state index is 3.40. The van der Waals surface area contributed by atoms with Crippen LogP contribution in [-0.4, -0.2) is 11.1 Å². The van der Waals surface area contributed by atoms with Gasteiger partial charge >= 0.3 is 0 Å². The van der Waals surface area contributed by atoms with Gasteiger partial charge in [-0.2, -0.15) is 0 Å². The molecule has 0 saturated heterocycles. The second-order valence-corrected chi connectivity index (χ2v) is 4.17. The topological polar surface area (TPSA) is 17.0 Å². The van der Waals surface area contributed by atoms with E-state index in [-0.39, 0.29) is 0 Å². The predicted molar refractivity (Wildman–Crippen MR) is 69.7 cm³/mol. The van der Waals surface area contributed by atoms with E-state index in [4.69, 9.17) is 0 Å². The number of benzene rings is 1. The summed E-state index contributed by atoms with van der Waals surface area (Å²) in [6, 6.07) is 8.82. The Morgan fingerprint density at radius 3 is 2.75 bits per heavy atom. The number of nitrogens with zero attached hydrogens (tertiary/aromatic N) is 1. The van der Waals surface area contributed by atoms with Gasteiger partial charge in [0, 0.05) is 24.2 Å². The van der Waals surface area contributed by atoms with Gasteiger partial charge in [0.2, 0.25) is 0 Å². The van der Waals surface area contributed by atoms with Crippen LogP contribution in [0.25, 0.3) is 10.9 Å². The van der Waals surface area contributed by atoms with E-state index in [1.165, 1.54) is 22.2 Å². The van der Waals surface area contributed by atoms with Gasteiger partial charge in [0.25, 0.3) is 0 Å². The third kappa shape index (κ3) is 1.85. The highest BCUT2D eigenvalue weighted by Gasteiger charge is 2.08. The molecule has 1 heterocycles. The largest absolute Gasteiger partial charge is 0.343 e. The fraction of sp³-hybridized carbons (Fsp3) is 0.429. The molecule has 0 aliphatic heterocycles. The van der Waals surface area contributed by atoms with Gasteiger partial charge in [-0.1, -0.05) is 25.1 Å². The van der Waals surface area contributed by atoms with E-state index >= 15 is 0 Å². The summed E-state index contributed by atoms with van der Waals surface area (Å²) in [6.45, 7) is 9.55. The lowest BCUT2D eigenvalue weighted by atomic mass is 10.2. The van der Waals surface area contributed by atoms with Gasteiger partial charge in [-0.25, -0.2) is 0 Å². The van der Waals surface area contributed by atoms with Crippen molar-refractivity contribution in [3.8, 4) is 0 Å². The van der Waals surface area contributed by atoms with Crippen molar-refractivity contribution < 1.29 is 0 Å². The van der Waals surface area contributed by atoms with Crippen molar-refractivity contribution in [2.75, 3.05) is 6.54 Å². The molecule has 0 amide bonds. The molecule has 0 radical (unpaired) electrons. The summed E-state index contributed by atoms with van der Waals surface area (Å²) < 4.78 is 2.41. The first-order valence-corrected chi connectivity index (χ1v) is 6.06. The molecule has 86 valence electrons. The van der Waals surface area contributed by atoms with Crippen molar-refractivity contribution in [3.05, 3.63) is 35.5 Å². The van der Waals surface area contributed by atoms with Crippen LogP contribution in [0.15, 0.2) is 24.3 Å². The van der Waals surface area contributed by atoms with Crippen molar-refractivity contribution in [2.45, 2.75) is 33.9 Å². The molecule has 2 rings (SSSR count). The Morgan fingerprint density at radius 2 is 2.06 bits per heavy atom. The first kappa shape index (κ1) is 11.2. The van der Waals surface area contributed by atoms with E-state index in [0.717, 1.165) is 19.6 Å². The summed E-state index contributed by atoms with van der Waals surface area (Å²) in [5.74, 6) is 0. The van der Waals surface area contributed by atoms with E-state index in [9.17, 15) is 0 Å². The molecule has 1 N–H and O–H groups in total. The number of aryl methyl sites for hydroxylation is 2. The maximum Gasteiger partial charge on any atom is 0.0512 e. The minimum atomic E-state index is 0.957. The summed E-state index contributed by atoms with van der Waals surface area (Å²) in [4.78, 5) is 0. The molecule has 0 saturated carbocycles. The van der Waals surface area contributed by atoms with Gasteiger partial charge in [-0.15, -0.1) is 0 Å². The average Bonchev–Trinajstić information content (AvgIpc) is 2.65. The molecular formula is C14H20N2. The normalized spacial score (nSPS) is 11.2. The molecule has 0 aliphatic rings. The number of para-hydroxylation sites is 1. The number of hydrogen-bond donors (Lipinski definition) is 1. The molecule has 2 aromatic rings. The average molecular weight is 216 g/mol. The van der Waals surface area contributed by atoms with Crippen molar-refractivity contribution in [1.82, 2.24) is 9.88 Å². The molecule has 2 heteroatoms. The minimum absolute atomic E-state index is 0.957. The quantitative estimate of drug-likeness (QED) is 0.831. The van der Waals surface area contributed by atoms with Crippen LogP contribution in [0.3, 0.4) is 0 Å². The first-order valence-electron chi connectivity index (χ1n) is 6.06. The minimum Gasteiger partial charge on any atom is -0.343 e. The first-order chi connectivity index (χ1) is 7.77. The fourth-order valence-electron chi connectivity index (χ4n) is 2.33. The van der Waals surface area contributed by atoms with Gasteiger partial charge < -0.3 is 9.88 Å². The molecule has 0 fully saturated rings. The second-order valence-electron chi connectivity index (χ2n) is 4.17. The molecule has 1 aromatic carbocycles. The van der Waals surface area contributed by atoms with E-state index in [1.807, 2.05) is 0 Å². The van der Waals surface area contributed by atoms with Crippen LogP contribution >= 0.6 is 0 Å². The molecule has 0 spiro atoms. The van der Waals surface area contributed by atoms with Gasteiger partial charge in [0.1, 0.15) is 0 Å². The summed E-state index contributed by atoms with van der Waals surface area (Å²) in [7, 11) is 0. The molecule has 0 aliphatic carbocycles. The summed E-state index contributed by atoms with van der Waals surface area (Å²) >= 11 is 0. The van der Waals surface area contributed by atoms with Crippen LogP contribution in [0, 0.1) is 6.92 Å². The molecule has 0 bridgehead atoms. The lowest BCUT2D eigenvalue weighted by molar-refractivity contribution is 0.656. The van der Waals surface area contributed by atoms with Crippen molar-refractivity contribution in [2.24, 2.45) is 0 Å². The summed E-state index contributed by atoms with van der Waals surface area (Å²) in [6.07, 6.45) is 0. The third-order valence-electron chi connectivity index (χ3n) is 3.08. The lowest BCUT2D eigenvalue weighted by Crippen LogP contribution is -2.15. The van der Waals surface area contributed by atoms with E-state index < -0.39 is 0 Å². The summed E-state index contributed by atoms with van der Waals surface area (Å²) in [5.41, 5.74) is 4.13. The number of nitrogens with one attached hydrogen (secondary N) is 1. The van der Waals surface area contributed by atoms with E-state index in [0.29, 0.717) is 0 Å². The van der Waals surface area contributed by atoms with Gasteiger partial charge in [-0.3, -0.25) is 0 Å². The number of rotatable bonds is 4. The highest BCUT2D eigenvalue weighted by molar-refractivity contribution is 5.84. The standard InChI is InChI=1S/C14H20N2/c1-4-15-10-13-9-12-8-6-7-11(3)14(12)16(13)5-2/h6-9,15H,4-5,10H2,1-3H3. The Hall–Kier alpha value is -1.28. The number of fused-ring (bicyclic) bond motifs is 1. The fourth-order valence-corrected chi connectivity index (χ4v) is 2.33. The molecule has 2 nitrogen and oxygen atoms in total. The molecule has 16 heavy (non-hydrogen) atoms. The Balaban J connectivity index is 2.53. The number of aromatic nitrogens is 1. The van der Waals surface area contributed by atoms with Gasteiger partial charge in [0.05, 0.1) is 5.52 Å². The Kier molecular flexibility index (Phi) is 3.30. The van der Waals surface area contributed by atoms with E-state index in [1.54, 1.807) is 0 Å². The molecule has 0 atom stereocenters. The van der Waals surface area contributed by atoms with Crippen LogP contribution in [0.1, 0.15) is 25.1 Å². The van der Waals surface area contributed by atoms with Crippen LogP contribution in [0.5, 0.6) is 0 Å². The molecular weight excluding hydrogens is 196 g/mol. The molecule has 0 unspecified atom stereocenters. The van der Waals surface area contributed by atoms with Gasteiger partial charge in [-0.05, 0) is 32.0 Å². The smallest absolute Gasteiger partial charge is 0.0512 e. The Morgan fingerprint density at radius 1 is 1.25 bits per heavy atom. The van der Waals surface area contributed by atoms with Gasteiger partial charge in [0.15, 0.2) is 0 Å². The van der Waals surface area contributed by atoms with Crippen LogP contribution in [0.2, 0.25) is 0 Å². The second kappa shape index (κ2) is 4.71. The SMILES string of the molecule is CCNCc1cc2cccc(C)c2n1CC. The van der Waals surface area contributed by atoms with Crippen molar-refractivity contribution >= 4 is 10.9 Å². The molecule has 1 aromatic heterocycles. The maximum atomic E-state index is 3.40. The Bertz CT molecular complexity index is 483. The lowest BCUT2D eigenvalue weighted by Gasteiger charge is -2.09. The van der Waals surface area contributed by atoms with Crippen LogP contribution in [0.4, 0.5) is 0 Å². The predicted octanol–water partition coefficient (Wildman–Crippen LogP) is 3.08. The van der Waals surface area contributed by atoms with Crippen molar-refractivity contribution in [3.63, 3.8) is 0 Å². The Labute approximate surface area is 97.3 Å². The highest BCUT2D eigenvalue weighted by atomic mass is 15.0. The monoisotopic (exact) mass is 216 g/mol. The van der Waals surface area contributed by atoms with Crippen molar-refractivity contribution in [1.29, 1.82) is 0 Å².